The highest BCUT2D eigenvalue weighted by molar-refractivity contribution is 7.16. The van der Waals surface area contributed by atoms with Crippen LogP contribution in [0.2, 0.25) is 0 Å². The number of unbranched alkanes of at least 4 members (excludes halogenated alkanes) is 2. The Balaban J connectivity index is 0.00000114. The van der Waals surface area contributed by atoms with Crippen LogP contribution in [0.1, 0.15) is 91.5 Å². The molecule has 4 N–H and O–H groups in total. The lowest BCUT2D eigenvalue weighted by molar-refractivity contribution is 0.772. The minimum absolute atomic E-state index is 0.687. The highest BCUT2D eigenvalue weighted by Crippen LogP contribution is 2.28. The lowest BCUT2D eigenvalue weighted by Gasteiger charge is -2.12. The average Bonchev–Trinajstić information content (AvgIpc) is 3.48. The first-order valence-electron chi connectivity index (χ1n) is 15.0. The van der Waals surface area contributed by atoms with Crippen LogP contribution in [0, 0.1) is 0 Å². The number of hydrogen-bond donors (Lipinski definition) is 3. The maximum atomic E-state index is 6.01. The lowest BCUT2D eigenvalue weighted by Crippen LogP contribution is -2.00. The van der Waals surface area contributed by atoms with Crippen molar-refractivity contribution in [2.75, 3.05) is 16.4 Å². The average molecular weight is 586 g/mol. The third-order valence-corrected chi connectivity index (χ3v) is 7.16. The molecule has 0 radical (unpaired) electrons. The number of allylic oxidation sites excluding steroid dienone is 5. The van der Waals surface area contributed by atoms with Crippen LogP contribution in [0.5, 0.6) is 0 Å². The van der Waals surface area contributed by atoms with Gasteiger partial charge in [-0.15, -0.1) is 0 Å². The number of hydrogen-bond acceptors (Lipinski definition) is 6. The molecule has 0 saturated heterocycles. The van der Waals surface area contributed by atoms with Crippen LogP contribution in [-0.2, 0) is 0 Å². The highest BCUT2D eigenvalue weighted by atomic mass is 32.1. The third kappa shape index (κ3) is 13.2. The SMILES string of the molecule is C=C(Nc1ccccc1N)c1ccc(Nc2ncc(/C(C)=C/N=C(C)\C=C/C(=C\C)CC)s2)cc1.CC.CCCCC. The Bertz CT molecular complexity index is 1320. The summed E-state index contributed by atoms with van der Waals surface area (Å²) in [5.74, 6) is 0. The Morgan fingerprint density at radius 3 is 2.24 bits per heavy atom. The molecular weight excluding hydrogens is 534 g/mol. The van der Waals surface area contributed by atoms with E-state index < -0.39 is 0 Å². The predicted molar refractivity (Wildman–Crippen MR) is 192 cm³/mol. The van der Waals surface area contributed by atoms with Crippen LogP contribution in [0.3, 0.4) is 0 Å². The van der Waals surface area contributed by atoms with Gasteiger partial charge in [0, 0.05) is 29.5 Å². The summed E-state index contributed by atoms with van der Waals surface area (Å²) < 4.78 is 0. The van der Waals surface area contributed by atoms with E-state index in [1.165, 1.54) is 24.8 Å². The fourth-order valence-corrected chi connectivity index (χ4v) is 4.34. The number of rotatable bonds is 12. The highest BCUT2D eigenvalue weighted by Gasteiger charge is 2.06. The molecule has 3 aromatic rings. The van der Waals surface area contributed by atoms with Crippen LogP contribution >= 0.6 is 11.3 Å². The van der Waals surface area contributed by atoms with Gasteiger partial charge in [0.25, 0.3) is 0 Å². The fraction of sp³-hybridized carbons (Fsp3) is 0.333. The zero-order chi connectivity index (χ0) is 31.3. The first-order valence-corrected chi connectivity index (χ1v) is 15.8. The van der Waals surface area contributed by atoms with Crippen molar-refractivity contribution in [2.24, 2.45) is 4.99 Å². The van der Waals surface area contributed by atoms with E-state index in [-0.39, 0.29) is 0 Å². The maximum Gasteiger partial charge on any atom is 0.187 e. The third-order valence-electron chi connectivity index (χ3n) is 6.11. The van der Waals surface area contributed by atoms with Crippen molar-refractivity contribution in [3.8, 4) is 0 Å². The predicted octanol–water partition coefficient (Wildman–Crippen LogP) is 11.5. The quantitative estimate of drug-likeness (QED) is 0.112. The Morgan fingerprint density at radius 1 is 1.00 bits per heavy atom. The van der Waals surface area contributed by atoms with Crippen molar-refractivity contribution in [1.29, 1.82) is 0 Å². The molecular formula is C36H51N5S. The summed E-state index contributed by atoms with van der Waals surface area (Å²) in [5.41, 5.74) is 13.6. The maximum absolute atomic E-state index is 6.01. The molecule has 1 heterocycles. The summed E-state index contributed by atoms with van der Waals surface area (Å²) in [6.45, 7) is 20.8. The number of aliphatic imine (C=N–C) groups is 1. The monoisotopic (exact) mass is 585 g/mol. The topological polar surface area (TPSA) is 75.3 Å². The molecule has 0 aliphatic heterocycles. The lowest BCUT2D eigenvalue weighted by atomic mass is 10.1. The first kappa shape index (κ1) is 36.1. The summed E-state index contributed by atoms with van der Waals surface area (Å²) in [7, 11) is 0. The minimum atomic E-state index is 0.687. The molecule has 42 heavy (non-hydrogen) atoms. The molecule has 0 aliphatic carbocycles. The van der Waals surface area contributed by atoms with Gasteiger partial charge in [-0.2, -0.15) is 0 Å². The van der Waals surface area contributed by atoms with E-state index in [2.05, 4.69) is 67.0 Å². The van der Waals surface area contributed by atoms with Crippen LogP contribution in [0.15, 0.2) is 96.3 Å². The van der Waals surface area contributed by atoms with E-state index in [4.69, 9.17) is 5.73 Å². The van der Waals surface area contributed by atoms with Crippen molar-refractivity contribution in [2.45, 2.75) is 81.1 Å². The minimum Gasteiger partial charge on any atom is -0.397 e. The van der Waals surface area contributed by atoms with E-state index in [1.54, 1.807) is 11.3 Å². The van der Waals surface area contributed by atoms with Crippen molar-refractivity contribution in [3.05, 3.63) is 102 Å². The van der Waals surface area contributed by atoms with E-state index in [1.807, 2.05) is 94.7 Å². The number of nitrogen functional groups attached to an aromatic ring is 1. The van der Waals surface area contributed by atoms with Crippen LogP contribution in [-0.4, -0.2) is 10.7 Å². The number of benzene rings is 2. The van der Waals surface area contributed by atoms with Crippen molar-refractivity contribution in [3.63, 3.8) is 0 Å². The van der Waals surface area contributed by atoms with Gasteiger partial charge in [-0.25, -0.2) is 4.98 Å². The van der Waals surface area contributed by atoms with Gasteiger partial charge in [-0.05, 0) is 68.7 Å². The van der Waals surface area contributed by atoms with Crippen molar-refractivity contribution >= 4 is 50.5 Å². The molecule has 2 aromatic carbocycles. The van der Waals surface area contributed by atoms with Gasteiger partial charge < -0.3 is 16.4 Å². The van der Waals surface area contributed by atoms with Crippen LogP contribution < -0.4 is 16.4 Å². The van der Waals surface area contributed by atoms with Crippen molar-refractivity contribution in [1.82, 2.24) is 4.98 Å². The smallest absolute Gasteiger partial charge is 0.187 e. The largest absolute Gasteiger partial charge is 0.397 e. The van der Waals surface area contributed by atoms with Gasteiger partial charge >= 0.3 is 0 Å². The summed E-state index contributed by atoms with van der Waals surface area (Å²) >= 11 is 1.60. The second kappa shape index (κ2) is 20.9. The van der Waals surface area contributed by atoms with E-state index >= 15 is 0 Å². The molecule has 0 spiro atoms. The first-order chi connectivity index (χ1) is 20.3. The number of thiazole rings is 1. The number of nitrogens with one attached hydrogen (secondary N) is 2. The molecule has 0 amide bonds. The summed E-state index contributed by atoms with van der Waals surface area (Å²) in [5, 5.41) is 7.48. The van der Waals surface area contributed by atoms with Gasteiger partial charge in [0.05, 0.1) is 16.3 Å². The van der Waals surface area contributed by atoms with Crippen molar-refractivity contribution < 1.29 is 0 Å². The van der Waals surface area contributed by atoms with Crippen LogP contribution in [0.4, 0.5) is 22.2 Å². The fourth-order valence-electron chi connectivity index (χ4n) is 3.54. The van der Waals surface area contributed by atoms with Gasteiger partial charge in [0.2, 0.25) is 0 Å². The molecule has 226 valence electrons. The second-order valence-corrected chi connectivity index (χ2v) is 10.4. The molecule has 0 atom stereocenters. The van der Waals surface area contributed by atoms with Gasteiger partial charge in [-0.3, -0.25) is 4.99 Å². The Labute approximate surface area is 259 Å². The number of nitrogens with two attached hydrogens (primary N) is 1. The normalized spacial score (nSPS) is 11.8. The summed E-state index contributed by atoms with van der Waals surface area (Å²) in [6.07, 6.45) is 15.1. The van der Waals surface area contributed by atoms with Gasteiger partial charge in [-0.1, -0.05) is 114 Å². The van der Waals surface area contributed by atoms with E-state index in [9.17, 15) is 0 Å². The number of nitrogens with zero attached hydrogens (tertiary/aromatic N) is 2. The molecule has 1 aromatic heterocycles. The molecule has 6 heteroatoms. The van der Waals surface area contributed by atoms with Gasteiger partial charge in [0.1, 0.15) is 0 Å². The van der Waals surface area contributed by atoms with Crippen LogP contribution in [0.25, 0.3) is 11.3 Å². The number of aromatic nitrogens is 1. The number of anilines is 4. The summed E-state index contributed by atoms with van der Waals surface area (Å²) in [6, 6.07) is 15.7. The Morgan fingerprint density at radius 2 is 1.67 bits per heavy atom. The number of para-hydroxylation sites is 2. The zero-order valence-corrected chi connectivity index (χ0v) is 27.7. The Kier molecular flexibility index (Phi) is 18.0. The molecule has 3 rings (SSSR count). The molecule has 0 aliphatic rings. The van der Waals surface area contributed by atoms with E-state index in [0.717, 1.165) is 50.3 Å². The summed E-state index contributed by atoms with van der Waals surface area (Å²) in [4.78, 5) is 10.2. The molecule has 0 unspecified atom stereocenters. The molecule has 0 bridgehead atoms. The molecule has 0 fully saturated rings. The molecule has 0 saturated carbocycles. The van der Waals surface area contributed by atoms with E-state index in [0.29, 0.717) is 5.69 Å². The second-order valence-electron chi connectivity index (χ2n) is 9.41. The molecule has 5 nitrogen and oxygen atoms in total. The zero-order valence-electron chi connectivity index (χ0n) is 26.9. The standard InChI is InChI=1S/C29H33N5S.C5H12.C2H6/c1-6-23(7-2)13-12-21(4)31-18-20(3)28-19-32-29(35-28)34-25-16-14-24(15-17-25)22(5)33-27-11-9-8-10-26(27)30;1-3-5-4-2;1-2/h6,8-19,33H,5,7,30H2,1-4H3,(H,32,34);3-5H2,1-2H3;1-2H3/b13-12-,20-18+,23-6-,31-21-;;. The Hall–Kier alpha value is -3.90. The van der Waals surface area contributed by atoms with Gasteiger partial charge in [0.15, 0.2) is 5.13 Å².